The maximum atomic E-state index is 16.2. The van der Waals surface area contributed by atoms with Crippen LogP contribution in [0, 0.1) is 22.7 Å². The minimum absolute atomic E-state index is 0.0592. The van der Waals surface area contributed by atoms with Gasteiger partial charge in [-0.3, -0.25) is 9.59 Å². The fourth-order valence-electron chi connectivity index (χ4n) is 7.49. The van der Waals surface area contributed by atoms with Crippen molar-refractivity contribution in [2.45, 2.75) is 75.1 Å². The summed E-state index contributed by atoms with van der Waals surface area (Å²) in [6.45, 7) is 6.63. The van der Waals surface area contributed by atoms with E-state index in [4.69, 9.17) is 16.3 Å². The quantitative estimate of drug-likeness (QED) is 0.492. The average molecular weight is 455 g/mol. The Balaban J connectivity index is 1.81. The minimum Gasteiger partial charge on any atom is -0.388 e. The molecule has 0 amide bonds. The third-order valence-electron chi connectivity index (χ3n) is 9.18. The molecule has 8 atom stereocenters. The van der Waals surface area contributed by atoms with Crippen molar-refractivity contribution in [3.8, 4) is 0 Å². The van der Waals surface area contributed by atoms with Gasteiger partial charge in [0.05, 0.1) is 17.6 Å². The molecule has 7 heteroatoms. The molecule has 0 aromatic carbocycles. The second-order valence-electron chi connectivity index (χ2n) is 10.3. The smallest absolute Gasteiger partial charge is 0.192 e. The van der Waals surface area contributed by atoms with E-state index in [1.807, 2.05) is 6.92 Å². The van der Waals surface area contributed by atoms with Crippen LogP contribution >= 0.6 is 11.6 Å². The first-order chi connectivity index (χ1) is 14.5. The molecule has 0 aliphatic heterocycles. The Morgan fingerprint density at radius 1 is 1.39 bits per heavy atom. The number of allylic oxidation sites excluding steroid dienone is 1. The molecule has 4 rings (SSSR count). The first-order valence-corrected chi connectivity index (χ1v) is 11.5. The molecule has 0 aromatic rings. The zero-order valence-electron chi connectivity index (χ0n) is 18.2. The van der Waals surface area contributed by atoms with Crippen LogP contribution < -0.4 is 0 Å². The van der Waals surface area contributed by atoms with Crippen molar-refractivity contribution in [1.29, 1.82) is 0 Å². The Morgan fingerprint density at radius 3 is 2.74 bits per heavy atom. The first-order valence-electron chi connectivity index (χ1n) is 11.2. The Bertz CT molecular complexity index is 844. The zero-order chi connectivity index (χ0) is 22.8. The molecule has 172 valence electrons. The molecule has 3 saturated carbocycles. The molecule has 0 saturated heterocycles. The van der Waals surface area contributed by atoms with Crippen LogP contribution in [0.25, 0.3) is 0 Å². The summed E-state index contributed by atoms with van der Waals surface area (Å²) < 4.78 is 22.0. The van der Waals surface area contributed by atoms with Crippen molar-refractivity contribution in [2.75, 3.05) is 13.2 Å². The highest BCUT2D eigenvalue weighted by molar-refractivity contribution is 6.26. The van der Waals surface area contributed by atoms with E-state index in [0.717, 1.165) is 5.57 Å². The van der Waals surface area contributed by atoms with Gasteiger partial charge in [0.15, 0.2) is 17.2 Å². The number of ketones is 2. The summed E-state index contributed by atoms with van der Waals surface area (Å²) in [5, 5.41) is 21.3. The van der Waals surface area contributed by atoms with Crippen molar-refractivity contribution in [3.63, 3.8) is 0 Å². The lowest BCUT2D eigenvalue weighted by atomic mass is 9.45. The second-order valence-corrected chi connectivity index (χ2v) is 10.9. The number of fused-ring (bicyclic) bond motifs is 5. The predicted molar refractivity (Wildman–Crippen MR) is 114 cm³/mol. The molecule has 0 radical (unpaired) electrons. The first kappa shape index (κ1) is 23.1. The fourth-order valence-corrected chi connectivity index (χ4v) is 8.04. The molecule has 2 N–H and O–H groups in total. The number of halogens is 2. The Morgan fingerprint density at radius 2 is 2.10 bits per heavy atom. The van der Waals surface area contributed by atoms with Gasteiger partial charge in [-0.1, -0.05) is 25.5 Å². The van der Waals surface area contributed by atoms with Crippen molar-refractivity contribution in [1.82, 2.24) is 0 Å². The normalized spacial score (nSPS) is 49.0. The van der Waals surface area contributed by atoms with Crippen LogP contribution in [-0.2, 0) is 14.3 Å². The third kappa shape index (κ3) is 2.77. The minimum atomic E-state index is -2.00. The molecule has 31 heavy (non-hydrogen) atoms. The number of carbonyl (C=O) groups excluding carboxylic acids is 2. The number of Topliss-reactive ketones (excluding diaryl/α,β-unsaturated/α-hetero) is 1. The third-order valence-corrected chi connectivity index (χ3v) is 10.1. The summed E-state index contributed by atoms with van der Waals surface area (Å²) in [4.78, 5) is 23.7. The van der Waals surface area contributed by atoms with Gasteiger partial charge in [-0.25, -0.2) is 4.39 Å². The van der Waals surface area contributed by atoms with E-state index in [1.54, 1.807) is 13.0 Å². The van der Waals surface area contributed by atoms with E-state index in [-0.39, 0.29) is 30.6 Å². The molecule has 0 heterocycles. The lowest BCUT2D eigenvalue weighted by molar-refractivity contribution is -0.187. The summed E-state index contributed by atoms with van der Waals surface area (Å²) in [5.74, 6) is -1.24. The number of hydrogen-bond acceptors (Lipinski definition) is 5. The summed E-state index contributed by atoms with van der Waals surface area (Å²) in [5.41, 5.74) is -2.87. The maximum absolute atomic E-state index is 16.2. The molecule has 1 unspecified atom stereocenters. The van der Waals surface area contributed by atoms with E-state index in [2.05, 4.69) is 6.58 Å². The van der Waals surface area contributed by atoms with Crippen LogP contribution in [0.1, 0.15) is 52.4 Å². The molecule has 4 aliphatic carbocycles. The number of aliphatic hydroxyl groups excluding tert-OH is 1. The Kier molecular flexibility index (Phi) is 5.57. The lowest BCUT2D eigenvalue weighted by Crippen LogP contribution is -2.69. The van der Waals surface area contributed by atoms with E-state index in [1.165, 1.54) is 6.08 Å². The Labute approximate surface area is 187 Å². The molecule has 0 spiro atoms. The van der Waals surface area contributed by atoms with Gasteiger partial charge in [-0.05, 0) is 50.0 Å². The van der Waals surface area contributed by atoms with Crippen LogP contribution in [0.2, 0.25) is 0 Å². The van der Waals surface area contributed by atoms with Gasteiger partial charge in [-0.15, -0.1) is 18.2 Å². The molecule has 4 aliphatic rings. The van der Waals surface area contributed by atoms with E-state index in [0.29, 0.717) is 32.1 Å². The van der Waals surface area contributed by atoms with Crippen LogP contribution in [0.3, 0.4) is 0 Å². The summed E-state index contributed by atoms with van der Waals surface area (Å²) in [7, 11) is 0. The van der Waals surface area contributed by atoms with Crippen LogP contribution in [0.4, 0.5) is 4.39 Å². The van der Waals surface area contributed by atoms with Crippen LogP contribution in [-0.4, -0.2) is 57.7 Å². The average Bonchev–Trinajstić information content (AvgIpc) is 2.95. The summed E-state index contributed by atoms with van der Waals surface area (Å²) in [6, 6.07) is 0. The molecule has 0 aromatic heterocycles. The van der Waals surface area contributed by atoms with Gasteiger partial charge in [0.2, 0.25) is 0 Å². The number of hydrogen-bond donors (Lipinski definition) is 2. The number of ether oxygens (including phenoxy) is 1. The number of alkyl halides is 2. The molecular formula is C24H32ClFO5. The van der Waals surface area contributed by atoms with Gasteiger partial charge in [0.25, 0.3) is 0 Å². The molecule has 0 bridgehead atoms. The number of carbonyl (C=O) groups is 2. The highest BCUT2D eigenvalue weighted by Crippen LogP contribution is 2.71. The molecule has 3 fully saturated rings. The standard InChI is InChI=1S/C24H32ClFO5/c1-4-9-31-20-11-17-16-6-5-14-10-15(28)7-8-21(14,2)23(16,25)18(26)12-22(17,3)24(20,30)19(29)13-27/h4,10,16-18,20,27,30H,1,5-9,11-13H2,2-3H3/t16-,17-,18-,20+,21-,22-,23?,24+/m0/s1. The molecular weight excluding hydrogens is 423 g/mol. The lowest BCUT2D eigenvalue weighted by Gasteiger charge is -2.64. The van der Waals surface area contributed by atoms with E-state index >= 15 is 4.39 Å². The fraction of sp³-hybridized carbons (Fsp3) is 0.750. The van der Waals surface area contributed by atoms with Crippen molar-refractivity contribution < 1.29 is 28.9 Å². The van der Waals surface area contributed by atoms with Gasteiger partial charge < -0.3 is 14.9 Å². The van der Waals surface area contributed by atoms with Crippen molar-refractivity contribution in [3.05, 3.63) is 24.3 Å². The topological polar surface area (TPSA) is 83.8 Å². The Hall–Kier alpha value is -1.08. The highest BCUT2D eigenvalue weighted by Gasteiger charge is 2.76. The summed E-state index contributed by atoms with van der Waals surface area (Å²) in [6.07, 6.45) is 3.14. The highest BCUT2D eigenvalue weighted by atomic mass is 35.5. The number of rotatable bonds is 5. The summed E-state index contributed by atoms with van der Waals surface area (Å²) >= 11 is 7.28. The van der Waals surface area contributed by atoms with Gasteiger partial charge in [0.1, 0.15) is 12.8 Å². The largest absolute Gasteiger partial charge is 0.388 e. The van der Waals surface area contributed by atoms with Crippen molar-refractivity contribution in [2.24, 2.45) is 22.7 Å². The zero-order valence-corrected chi connectivity index (χ0v) is 19.0. The maximum Gasteiger partial charge on any atom is 0.192 e. The molecule has 5 nitrogen and oxygen atoms in total. The van der Waals surface area contributed by atoms with Crippen molar-refractivity contribution >= 4 is 23.2 Å². The van der Waals surface area contributed by atoms with Crippen LogP contribution in [0.15, 0.2) is 24.3 Å². The van der Waals surface area contributed by atoms with Crippen LogP contribution in [0.5, 0.6) is 0 Å². The monoisotopic (exact) mass is 454 g/mol. The van der Waals surface area contributed by atoms with Gasteiger partial charge >= 0.3 is 0 Å². The SMILES string of the molecule is C=CCO[C@@H]1C[C@H]2[C@@H]3CCC4=CC(=O)CC[C@]4(C)C3(Cl)[C@@H](F)C[C@]2(C)[C@@]1(O)C(=O)CO. The van der Waals surface area contributed by atoms with E-state index in [9.17, 15) is 19.8 Å². The predicted octanol–water partition coefficient (Wildman–Crippen LogP) is 3.30. The van der Waals surface area contributed by atoms with Gasteiger partial charge in [0, 0.05) is 17.3 Å². The number of aliphatic hydroxyl groups is 2. The van der Waals surface area contributed by atoms with E-state index < -0.39 is 46.0 Å². The van der Waals surface area contributed by atoms with Gasteiger partial charge in [-0.2, -0.15) is 0 Å². The second kappa shape index (κ2) is 7.47.